The van der Waals surface area contributed by atoms with E-state index in [0.717, 1.165) is 27.9 Å². The number of halogens is 2. The summed E-state index contributed by atoms with van der Waals surface area (Å²) >= 11 is 7.06. The lowest BCUT2D eigenvalue weighted by atomic mass is 10.2. The number of nitrogens with zero attached hydrogens (tertiary/aromatic N) is 3. The first-order chi connectivity index (χ1) is 14.9. The summed E-state index contributed by atoms with van der Waals surface area (Å²) in [6, 6.07) is 8.15. The van der Waals surface area contributed by atoms with Crippen LogP contribution in [0.15, 0.2) is 36.7 Å². The van der Waals surface area contributed by atoms with Gasteiger partial charge in [0.25, 0.3) is 0 Å². The van der Waals surface area contributed by atoms with E-state index in [9.17, 15) is 14.3 Å². The third-order valence-electron chi connectivity index (χ3n) is 4.82. The molecule has 160 valence electrons. The van der Waals surface area contributed by atoms with Crippen LogP contribution in [-0.2, 0) is 6.54 Å². The lowest BCUT2D eigenvalue weighted by molar-refractivity contribution is 0.0702. The molecule has 0 amide bonds. The maximum Gasteiger partial charge on any atom is 0.347 e. The summed E-state index contributed by atoms with van der Waals surface area (Å²) in [5.74, 6) is -0.339. The number of hydrogen-bond donors (Lipinski definition) is 2. The Morgan fingerprint density at radius 2 is 2.10 bits per heavy atom. The highest BCUT2D eigenvalue weighted by Crippen LogP contribution is 2.34. The van der Waals surface area contributed by atoms with E-state index >= 15 is 0 Å². The molecule has 1 aromatic carbocycles. The Bertz CT molecular complexity index is 1290. The number of fused-ring (bicyclic) bond motifs is 1. The van der Waals surface area contributed by atoms with Gasteiger partial charge in [-0.15, -0.1) is 11.3 Å². The van der Waals surface area contributed by atoms with Gasteiger partial charge in [-0.25, -0.2) is 19.2 Å². The minimum Gasteiger partial charge on any atom is -0.496 e. The molecule has 2 N–H and O–H groups in total. The third kappa shape index (κ3) is 4.19. The van der Waals surface area contributed by atoms with Crippen LogP contribution in [0.1, 0.15) is 15.4 Å². The van der Waals surface area contributed by atoms with Gasteiger partial charge in [0.05, 0.1) is 28.2 Å². The molecule has 0 radical (unpaired) electrons. The molecule has 4 rings (SSSR count). The van der Waals surface area contributed by atoms with Crippen LogP contribution in [0, 0.1) is 12.7 Å². The number of carboxylic acid groups (broad SMARTS) is 1. The quantitative estimate of drug-likeness (QED) is 0.400. The summed E-state index contributed by atoms with van der Waals surface area (Å²) in [6.45, 7) is 3.07. The van der Waals surface area contributed by atoms with Crippen LogP contribution in [0.3, 0.4) is 0 Å². The van der Waals surface area contributed by atoms with Gasteiger partial charge in [0.15, 0.2) is 0 Å². The van der Waals surface area contributed by atoms with Crippen LogP contribution in [-0.4, -0.2) is 39.3 Å². The van der Waals surface area contributed by atoms with Gasteiger partial charge in [-0.05, 0) is 25.1 Å². The molecule has 3 aromatic heterocycles. The van der Waals surface area contributed by atoms with E-state index in [1.54, 1.807) is 12.1 Å². The summed E-state index contributed by atoms with van der Waals surface area (Å²) in [7, 11) is 1.52. The van der Waals surface area contributed by atoms with Crippen LogP contribution in [0.2, 0.25) is 5.02 Å². The summed E-state index contributed by atoms with van der Waals surface area (Å²) in [5, 5.41) is 13.4. The smallest absolute Gasteiger partial charge is 0.347 e. The minimum absolute atomic E-state index is 0.0717. The number of carbonyl (C=O) groups is 1. The normalized spacial score (nSPS) is 11.1. The fraction of sp³-hybridized carbons (Fsp3) is 0.190. The molecule has 7 nitrogen and oxygen atoms in total. The van der Waals surface area contributed by atoms with Crippen molar-refractivity contribution in [1.29, 1.82) is 0 Å². The predicted molar refractivity (Wildman–Crippen MR) is 119 cm³/mol. The van der Waals surface area contributed by atoms with Gasteiger partial charge in [-0.3, -0.25) is 0 Å². The zero-order valence-corrected chi connectivity index (χ0v) is 18.2. The molecule has 0 spiro atoms. The number of aryl methyl sites for hydroxylation is 1. The largest absolute Gasteiger partial charge is 0.496 e. The van der Waals surface area contributed by atoms with Crippen molar-refractivity contribution in [3.8, 4) is 16.3 Å². The van der Waals surface area contributed by atoms with Gasteiger partial charge < -0.3 is 19.7 Å². The molecular formula is C21H18ClFN4O3S. The minimum atomic E-state index is -1.07. The molecule has 10 heteroatoms. The third-order valence-corrected chi connectivity index (χ3v) is 6.37. The molecule has 0 saturated carbocycles. The lowest BCUT2D eigenvalue weighted by Crippen LogP contribution is -2.12. The Labute approximate surface area is 186 Å². The fourth-order valence-electron chi connectivity index (χ4n) is 3.42. The second kappa shape index (κ2) is 8.52. The molecule has 0 atom stereocenters. The van der Waals surface area contributed by atoms with E-state index in [0.29, 0.717) is 35.2 Å². The maximum absolute atomic E-state index is 14.0. The predicted octanol–water partition coefficient (Wildman–Crippen LogP) is 5.08. The maximum atomic E-state index is 14.0. The van der Waals surface area contributed by atoms with E-state index in [2.05, 4.69) is 15.3 Å². The topological polar surface area (TPSA) is 89.3 Å². The molecule has 0 fully saturated rings. The van der Waals surface area contributed by atoms with Gasteiger partial charge in [-0.1, -0.05) is 11.6 Å². The monoisotopic (exact) mass is 460 g/mol. The average molecular weight is 461 g/mol. The molecule has 31 heavy (non-hydrogen) atoms. The number of ether oxygens (including phenoxy) is 1. The van der Waals surface area contributed by atoms with Gasteiger partial charge in [0, 0.05) is 36.3 Å². The van der Waals surface area contributed by atoms with Crippen molar-refractivity contribution in [3.63, 3.8) is 0 Å². The lowest BCUT2D eigenvalue weighted by Gasteiger charge is -2.11. The Kier molecular flexibility index (Phi) is 5.79. The first-order valence-corrected chi connectivity index (χ1v) is 10.5. The van der Waals surface area contributed by atoms with E-state index in [1.807, 2.05) is 17.6 Å². The van der Waals surface area contributed by atoms with Crippen LogP contribution in [0.5, 0.6) is 5.75 Å². The number of nitrogens with one attached hydrogen (secondary N) is 1. The zero-order valence-electron chi connectivity index (χ0n) is 16.6. The number of hydrogen-bond acceptors (Lipinski definition) is 6. The molecule has 4 aromatic rings. The van der Waals surface area contributed by atoms with Gasteiger partial charge in [-0.2, -0.15) is 0 Å². The first-order valence-electron chi connectivity index (χ1n) is 9.29. The van der Waals surface area contributed by atoms with Crippen LogP contribution < -0.4 is 10.1 Å². The number of aromatic carboxylic acids is 1. The van der Waals surface area contributed by atoms with Gasteiger partial charge in [0.2, 0.25) is 0 Å². The molecule has 0 aliphatic carbocycles. The fourth-order valence-corrected chi connectivity index (χ4v) is 4.64. The van der Waals surface area contributed by atoms with Crippen molar-refractivity contribution >= 4 is 45.6 Å². The van der Waals surface area contributed by atoms with Crippen molar-refractivity contribution in [2.24, 2.45) is 0 Å². The Balaban J connectivity index is 1.52. The van der Waals surface area contributed by atoms with E-state index in [1.165, 1.54) is 25.6 Å². The number of rotatable bonds is 7. The van der Waals surface area contributed by atoms with Crippen molar-refractivity contribution in [2.75, 3.05) is 19.0 Å². The number of methoxy groups -OCH3 is 1. The SMILES string of the molecule is COc1cc(F)cc2c1cc(C)n2CCNc1cc(-c2cc(Cl)c(C(=O)O)s2)ncn1. The van der Waals surface area contributed by atoms with Crippen LogP contribution >= 0.6 is 22.9 Å². The molecule has 3 heterocycles. The van der Waals surface area contributed by atoms with Gasteiger partial charge in [0.1, 0.15) is 28.6 Å². The standard InChI is InChI=1S/C21H18ClFN4O3S/c1-11-5-13-16(6-12(23)7-17(13)30-2)27(11)4-3-24-19-9-15(25-10-26-19)18-8-14(22)20(31-18)21(28)29/h5-10H,3-4H2,1-2H3,(H,28,29)(H,24,25,26). The van der Waals surface area contributed by atoms with Crippen molar-refractivity contribution < 1.29 is 19.0 Å². The highest BCUT2D eigenvalue weighted by Gasteiger charge is 2.16. The van der Waals surface area contributed by atoms with Crippen molar-refractivity contribution in [2.45, 2.75) is 13.5 Å². The molecular weight excluding hydrogens is 443 g/mol. The van der Waals surface area contributed by atoms with Crippen LogP contribution in [0.4, 0.5) is 10.2 Å². The van der Waals surface area contributed by atoms with Crippen LogP contribution in [0.25, 0.3) is 21.5 Å². The van der Waals surface area contributed by atoms with E-state index < -0.39 is 5.97 Å². The van der Waals surface area contributed by atoms with E-state index in [4.69, 9.17) is 16.3 Å². The van der Waals surface area contributed by atoms with Gasteiger partial charge >= 0.3 is 5.97 Å². The Hall–Kier alpha value is -3.17. The molecule has 0 aliphatic rings. The second-order valence-electron chi connectivity index (χ2n) is 6.79. The summed E-state index contributed by atoms with van der Waals surface area (Å²) in [6.07, 6.45) is 1.41. The Morgan fingerprint density at radius 1 is 1.29 bits per heavy atom. The Morgan fingerprint density at radius 3 is 2.81 bits per heavy atom. The second-order valence-corrected chi connectivity index (χ2v) is 8.25. The number of carboxylic acids is 1. The highest BCUT2D eigenvalue weighted by atomic mass is 35.5. The van der Waals surface area contributed by atoms with Crippen molar-refractivity contribution in [3.05, 3.63) is 58.1 Å². The number of aromatic nitrogens is 3. The highest BCUT2D eigenvalue weighted by molar-refractivity contribution is 7.17. The number of thiophene rings is 1. The van der Waals surface area contributed by atoms with Crippen molar-refractivity contribution in [1.82, 2.24) is 14.5 Å². The average Bonchev–Trinajstić information content (AvgIpc) is 3.28. The first kappa shape index (κ1) is 21.1. The summed E-state index contributed by atoms with van der Waals surface area (Å²) < 4.78 is 21.3. The summed E-state index contributed by atoms with van der Waals surface area (Å²) in [4.78, 5) is 20.4. The molecule has 0 unspecified atom stereocenters. The molecule has 0 aliphatic heterocycles. The van der Waals surface area contributed by atoms with E-state index in [-0.39, 0.29) is 15.7 Å². The summed E-state index contributed by atoms with van der Waals surface area (Å²) in [5.41, 5.74) is 2.32. The zero-order chi connectivity index (χ0) is 22.1. The molecule has 0 bridgehead atoms. The molecule has 0 saturated heterocycles. The number of anilines is 1. The number of benzene rings is 1.